The van der Waals surface area contributed by atoms with E-state index in [4.69, 9.17) is 17.3 Å². The number of benzene rings is 1. The lowest BCUT2D eigenvalue weighted by atomic mass is 9.82. The van der Waals surface area contributed by atoms with Gasteiger partial charge in [0.25, 0.3) is 0 Å². The number of nitrogens with two attached hydrogens (primary N) is 1. The fraction of sp³-hybridized carbons (Fsp3) is 0.278. The lowest BCUT2D eigenvalue weighted by Crippen LogP contribution is -2.45. The van der Waals surface area contributed by atoms with Crippen LogP contribution in [0.2, 0.25) is 5.02 Å². The van der Waals surface area contributed by atoms with Gasteiger partial charge in [0, 0.05) is 18.0 Å². The van der Waals surface area contributed by atoms with E-state index < -0.39 is 0 Å². The lowest BCUT2D eigenvalue weighted by molar-refractivity contribution is 0.162. The largest absolute Gasteiger partial charge is 0.382 e. The number of amidine groups is 1. The second-order valence-electron chi connectivity index (χ2n) is 5.95. The van der Waals surface area contributed by atoms with Gasteiger partial charge in [-0.15, -0.1) is 0 Å². The molecule has 0 saturated heterocycles. The van der Waals surface area contributed by atoms with E-state index in [2.05, 4.69) is 27.0 Å². The summed E-state index contributed by atoms with van der Waals surface area (Å²) in [5.74, 6) is 7.47. The van der Waals surface area contributed by atoms with Crippen molar-refractivity contribution in [3.63, 3.8) is 0 Å². The van der Waals surface area contributed by atoms with Crippen molar-refractivity contribution >= 4 is 17.4 Å². The van der Waals surface area contributed by atoms with Crippen LogP contribution in [0.4, 0.5) is 0 Å². The summed E-state index contributed by atoms with van der Waals surface area (Å²) in [4.78, 5) is 6.38. The second kappa shape index (κ2) is 5.68. The molecule has 1 atom stereocenters. The maximum Gasteiger partial charge on any atom is 0.150 e. The molecular weight excluding hydrogens is 308 g/mol. The van der Waals surface area contributed by atoms with Crippen LogP contribution in [-0.2, 0) is 0 Å². The Morgan fingerprint density at radius 3 is 2.83 bits per heavy atom. The number of hydrogen-bond donors (Lipinski definition) is 2. The highest BCUT2D eigenvalue weighted by molar-refractivity contribution is 6.31. The molecule has 3 N–H and O–H groups in total. The Kier molecular flexibility index (Phi) is 3.51. The molecule has 1 unspecified atom stereocenters. The molecule has 1 aromatic carbocycles. The SMILES string of the molecule is NC1=NC=CN2C1=C(C#Cc1ccccc1Cl)NC2C1CCC1. The van der Waals surface area contributed by atoms with Gasteiger partial charge >= 0.3 is 0 Å². The summed E-state index contributed by atoms with van der Waals surface area (Å²) in [6, 6.07) is 7.58. The number of halogens is 1. The summed E-state index contributed by atoms with van der Waals surface area (Å²) in [7, 11) is 0. The molecule has 23 heavy (non-hydrogen) atoms. The number of hydrogen-bond acceptors (Lipinski definition) is 4. The third-order valence-corrected chi connectivity index (χ3v) is 4.89. The molecular formula is C18H17ClN4. The van der Waals surface area contributed by atoms with Crippen molar-refractivity contribution in [1.82, 2.24) is 10.2 Å². The van der Waals surface area contributed by atoms with Gasteiger partial charge in [0.05, 0.1) is 5.02 Å². The Hall–Kier alpha value is -2.38. The fourth-order valence-corrected chi connectivity index (χ4v) is 3.30. The first-order chi connectivity index (χ1) is 11.2. The Morgan fingerprint density at radius 1 is 1.26 bits per heavy atom. The van der Waals surface area contributed by atoms with Gasteiger partial charge in [-0.3, -0.25) is 0 Å². The molecule has 0 bridgehead atoms. The highest BCUT2D eigenvalue weighted by atomic mass is 35.5. The summed E-state index contributed by atoms with van der Waals surface area (Å²) in [6.07, 6.45) is 7.71. The third kappa shape index (κ3) is 2.47. The first-order valence-electron chi connectivity index (χ1n) is 7.80. The zero-order valence-corrected chi connectivity index (χ0v) is 13.3. The van der Waals surface area contributed by atoms with Crippen molar-refractivity contribution in [3.05, 3.63) is 58.6 Å². The molecule has 5 heteroatoms. The Labute approximate surface area is 140 Å². The van der Waals surface area contributed by atoms with Crippen molar-refractivity contribution in [3.8, 4) is 11.8 Å². The van der Waals surface area contributed by atoms with Gasteiger partial charge in [-0.1, -0.05) is 36.1 Å². The van der Waals surface area contributed by atoms with Gasteiger partial charge in [-0.25, -0.2) is 4.99 Å². The van der Waals surface area contributed by atoms with Crippen molar-refractivity contribution < 1.29 is 0 Å². The van der Waals surface area contributed by atoms with E-state index in [1.165, 1.54) is 19.3 Å². The number of nitrogens with one attached hydrogen (secondary N) is 1. The highest BCUT2D eigenvalue weighted by Crippen LogP contribution is 2.37. The lowest BCUT2D eigenvalue weighted by Gasteiger charge is -2.37. The van der Waals surface area contributed by atoms with E-state index in [1.807, 2.05) is 30.5 Å². The number of aliphatic imine (C=N–C) groups is 1. The molecule has 4 nitrogen and oxygen atoms in total. The van der Waals surface area contributed by atoms with Crippen LogP contribution >= 0.6 is 11.6 Å². The summed E-state index contributed by atoms with van der Waals surface area (Å²) in [5.41, 5.74) is 8.61. The van der Waals surface area contributed by atoms with E-state index in [1.54, 1.807) is 6.20 Å². The fourth-order valence-electron chi connectivity index (χ4n) is 3.12. The van der Waals surface area contributed by atoms with E-state index in [0.29, 0.717) is 16.8 Å². The van der Waals surface area contributed by atoms with E-state index in [0.717, 1.165) is 17.0 Å². The highest BCUT2D eigenvalue weighted by Gasteiger charge is 2.39. The molecule has 0 amide bonds. The Balaban J connectivity index is 1.69. The zero-order chi connectivity index (χ0) is 15.8. The smallest absolute Gasteiger partial charge is 0.150 e. The molecule has 2 heterocycles. The molecule has 4 rings (SSSR count). The normalized spacial score (nSPS) is 22.7. The topological polar surface area (TPSA) is 53.6 Å². The molecule has 0 spiro atoms. The van der Waals surface area contributed by atoms with Gasteiger partial charge < -0.3 is 16.0 Å². The van der Waals surface area contributed by atoms with Crippen LogP contribution in [0, 0.1) is 17.8 Å². The molecule has 1 aromatic rings. The number of allylic oxidation sites excluding steroid dienone is 1. The van der Waals surface area contributed by atoms with Gasteiger partial charge in [0.15, 0.2) is 0 Å². The van der Waals surface area contributed by atoms with Gasteiger partial charge in [-0.05, 0) is 36.8 Å². The van der Waals surface area contributed by atoms with Gasteiger partial charge in [-0.2, -0.15) is 0 Å². The Bertz CT molecular complexity index is 793. The molecule has 3 aliphatic rings. The maximum absolute atomic E-state index is 6.18. The Morgan fingerprint density at radius 2 is 2.09 bits per heavy atom. The predicted molar refractivity (Wildman–Crippen MR) is 92.2 cm³/mol. The minimum absolute atomic E-state index is 0.222. The van der Waals surface area contributed by atoms with E-state index in [-0.39, 0.29) is 6.17 Å². The minimum atomic E-state index is 0.222. The second-order valence-corrected chi connectivity index (χ2v) is 6.36. The van der Waals surface area contributed by atoms with Crippen LogP contribution in [0.3, 0.4) is 0 Å². The van der Waals surface area contributed by atoms with Crippen LogP contribution in [0.15, 0.2) is 53.1 Å². The molecule has 0 radical (unpaired) electrons. The zero-order valence-electron chi connectivity index (χ0n) is 12.6. The molecule has 116 valence electrons. The summed E-state index contributed by atoms with van der Waals surface area (Å²) in [6.45, 7) is 0. The van der Waals surface area contributed by atoms with Crippen molar-refractivity contribution in [2.24, 2.45) is 16.6 Å². The van der Waals surface area contributed by atoms with Crippen molar-refractivity contribution in [2.45, 2.75) is 25.4 Å². The van der Waals surface area contributed by atoms with E-state index >= 15 is 0 Å². The molecule has 0 aromatic heterocycles. The average molecular weight is 325 g/mol. The molecule has 1 saturated carbocycles. The molecule has 1 fully saturated rings. The summed E-state index contributed by atoms with van der Waals surface area (Å²) in [5, 5.41) is 4.19. The average Bonchev–Trinajstić information content (AvgIpc) is 2.85. The van der Waals surface area contributed by atoms with E-state index in [9.17, 15) is 0 Å². The summed E-state index contributed by atoms with van der Waals surface area (Å²) >= 11 is 6.18. The number of nitrogens with zero attached hydrogens (tertiary/aromatic N) is 2. The van der Waals surface area contributed by atoms with Crippen LogP contribution < -0.4 is 11.1 Å². The first-order valence-corrected chi connectivity index (χ1v) is 8.18. The third-order valence-electron chi connectivity index (χ3n) is 4.56. The maximum atomic E-state index is 6.18. The predicted octanol–water partition coefficient (Wildman–Crippen LogP) is 2.78. The van der Waals surface area contributed by atoms with Crippen molar-refractivity contribution in [1.29, 1.82) is 0 Å². The van der Waals surface area contributed by atoms with Crippen LogP contribution in [-0.4, -0.2) is 16.9 Å². The first kappa shape index (κ1) is 14.2. The molecule has 1 aliphatic carbocycles. The minimum Gasteiger partial charge on any atom is -0.382 e. The summed E-state index contributed by atoms with van der Waals surface area (Å²) < 4.78 is 0. The van der Waals surface area contributed by atoms with Crippen LogP contribution in [0.5, 0.6) is 0 Å². The monoisotopic (exact) mass is 324 g/mol. The van der Waals surface area contributed by atoms with Crippen LogP contribution in [0.25, 0.3) is 0 Å². The standard InChI is InChI=1S/C18H17ClN4/c19-14-7-2-1-4-12(14)8-9-15-16-17(20)21-10-11-23(16)18(22-15)13-5-3-6-13/h1-2,4,7,10-11,13,18,22H,3,5-6H2,(H2,20,21). The molecule has 2 aliphatic heterocycles. The number of rotatable bonds is 1. The number of fused-ring (bicyclic) bond motifs is 1. The quantitative estimate of drug-likeness (QED) is 0.781. The van der Waals surface area contributed by atoms with Crippen LogP contribution in [0.1, 0.15) is 24.8 Å². The van der Waals surface area contributed by atoms with Crippen molar-refractivity contribution in [2.75, 3.05) is 0 Å². The van der Waals surface area contributed by atoms with Gasteiger partial charge in [0.1, 0.15) is 23.4 Å². The van der Waals surface area contributed by atoms with Gasteiger partial charge in [0.2, 0.25) is 0 Å².